The molecule has 0 saturated heterocycles. The highest BCUT2D eigenvalue weighted by atomic mass is 35.5. The Morgan fingerprint density at radius 2 is 2.07 bits per heavy atom. The molecule has 3 aromatic rings. The Morgan fingerprint density at radius 1 is 1.26 bits per heavy atom. The molecule has 1 atom stereocenters. The Morgan fingerprint density at radius 3 is 2.81 bits per heavy atom. The molecule has 3 N–H and O–H groups in total. The molecule has 0 aliphatic carbocycles. The molecule has 0 radical (unpaired) electrons. The molecule has 27 heavy (non-hydrogen) atoms. The van der Waals surface area contributed by atoms with Gasteiger partial charge in [-0.3, -0.25) is 5.10 Å². The summed E-state index contributed by atoms with van der Waals surface area (Å²) in [4.78, 5) is 0. The predicted molar refractivity (Wildman–Crippen MR) is 101 cm³/mol. The van der Waals surface area contributed by atoms with E-state index in [9.17, 15) is 5.26 Å². The van der Waals surface area contributed by atoms with Crippen LogP contribution in [0.1, 0.15) is 17.0 Å². The highest BCUT2D eigenvalue weighted by molar-refractivity contribution is 6.31. The monoisotopic (exact) mass is 378 g/mol. The predicted octanol–water partition coefficient (Wildman–Crippen LogP) is 3.96. The molecule has 0 saturated carbocycles. The first kappa shape index (κ1) is 17.0. The third-order valence-electron chi connectivity index (χ3n) is 4.51. The van der Waals surface area contributed by atoms with E-state index in [0.29, 0.717) is 33.5 Å². The van der Waals surface area contributed by atoms with Gasteiger partial charge in [-0.25, -0.2) is 0 Å². The molecule has 1 aliphatic rings. The molecular formula is C20H15ClN4O2. The first-order chi connectivity index (χ1) is 13.1. The fourth-order valence-corrected chi connectivity index (χ4v) is 3.51. The minimum atomic E-state index is -0.493. The fourth-order valence-electron chi connectivity index (χ4n) is 3.26. The molecule has 7 heteroatoms. The first-order valence-corrected chi connectivity index (χ1v) is 8.56. The molecule has 0 spiro atoms. The molecule has 1 aliphatic heterocycles. The van der Waals surface area contributed by atoms with Gasteiger partial charge in [-0.05, 0) is 23.8 Å². The summed E-state index contributed by atoms with van der Waals surface area (Å²) in [6.45, 7) is 0. The molecule has 4 rings (SSSR count). The topological polar surface area (TPSA) is 97.0 Å². The standard InChI is InChI=1S/C20H15ClN4O2/c1-26-12-6-4-5-11(9-12)18-17-16(13-7-2-3-8-15(13)21)14(10-22)19(23)27-20(17)25-24-18/h2-9,16H,23H2,1H3,(H,24,25)/t16-/m1/s1. The van der Waals surface area contributed by atoms with Crippen molar-refractivity contribution in [3.8, 4) is 29.0 Å². The molecule has 0 bridgehead atoms. The van der Waals surface area contributed by atoms with Crippen LogP contribution < -0.4 is 15.2 Å². The van der Waals surface area contributed by atoms with Gasteiger partial charge in [0.25, 0.3) is 0 Å². The number of hydrogen-bond donors (Lipinski definition) is 2. The number of allylic oxidation sites excluding steroid dienone is 1. The second kappa shape index (κ2) is 6.71. The molecule has 1 aromatic heterocycles. The van der Waals surface area contributed by atoms with Crippen LogP contribution >= 0.6 is 11.6 Å². The number of nitrogens with zero attached hydrogens (tertiary/aromatic N) is 2. The smallest absolute Gasteiger partial charge is 0.244 e. The van der Waals surface area contributed by atoms with Crippen molar-refractivity contribution < 1.29 is 9.47 Å². The van der Waals surface area contributed by atoms with Gasteiger partial charge < -0.3 is 15.2 Å². The largest absolute Gasteiger partial charge is 0.497 e. The normalized spacial score (nSPS) is 15.7. The number of aromatic amines is 1. The van der Waals surface area contributed by atoms with Crippen molar-refractivity contribution in [2.45, 2.75) is 5.92 Å². The first-order valence-electron chi connectivity index (χ1n) is 8.18. The number of fused-ring (bicyclic) bond motifs is 1. The summed E-state index contributed by atoms with van der Waals surface area (Å²) in [5.74, 6) is 0.567. The van der Waals surface area contributed by atoms with E-state index in [0.717, 1.165) is 11.1 Å². The zero-order chi connectivity index (χ0) is 19.0. The van der Waals surface area contributed by atoms with E-state index in [1.165, 1.54) is 0 Å². The van der Waals surface area contributed by atoms with Crippen LogP contribution in [0.4, 0.5) is 0 Å². The van der Waals surface area contributed by atoms with Crippen molar-refractivity contribution in [2.24, 2.45) is 5.73 Å². The molecule has 134 valence electrons. The summed E-state index contributed by atoms with van der Waals surface area (Å²) in [7, 11) is 1.61. The van der Waals surface area contributed by atoms with Gasteiger partial charge in [0.15, 0.2) is 0 Å². The lowest BCUT2D eigenvalue weighted by Crippen LogP contribution is -2.21. The van der Waals surface area contributed by atoms with E-state index in [4.69, 9.17) is 26.8 Å². The van der Waals surface area contributed by atoms with Crippen LogP contribution in [-0.2, 0) is 0 Å². The highest BCUT2D eigenvalue weighted by Gasteiger charge is 2.36. The number of benzene rings is 2. The maximum absolute atomic E-state index is 9.73. The Hall–Kier alpha value is -3.43. The van der Waals surface area contributed by atoms with Crippen LogP contribution in [0.5, 0.6) is 11.6 Å². The van der Waals surface area contributed by atoms with Crippen LogP contribution in [-0.4, -0.2) is 17.3 Å². The number of methoxy groups -OCH3 is 1. The Labute approximate surface area is 160 Å². The number of H-pyrrole nitrogens is 1. The van der Waals surface area contributed by atoms with Crippen molar-refractivity contribution in [1.82, 2.24) is 10.2 Å². The number of halogens is 1. The number of nitriles is 1. The van der Waals surface area contributed by atoms with E-state index >= 15 is 0 Å². The molecule has 0 fully saturated rings. The number of nitrogens with two attached hydrogens (primary N) is 1. The Kier molecular flexibility index (Phi) is 4.22. The maximum atomic E-state index is 9.73. The lowest BCUT2D eigenvalue weighted by Gasteiger charge is -2.24. The maximum Gasteiger partial charge on any atom is 0.244 e. The number of hydrogen-bond acceptors (Lipinski definition) is 5. The Bertz CT molecular complexity index is 1100. The molecule has 2 heterocycles. The summed E-state index contributed by atoms with van der Waals surface area (Å²) in [5, 5.41) is 17.5. The lowest BCUT2D eigenvalue weighted by atomic mass is 9.83. The third-order valence-corrected chi connectivity index (χ3v) is 4.86. The summed E-state index contributed by atoms with van der Waals surface area (Å²) < 4.78 is 10.9. The number of nitrogens with one attached hydrogen (secondary N) is 1. The van der Waals surface area contributed by atoms with E-state index < -0.39 is 5.92 Å². The van der Waals surface area contributed by atoms with Gasteiger partial charge >= 0.3 is 0 Å². The van der Waals surface area contributed by atoms with E-state index in [-0.39, 0.29) is 5.88 Å². The quantitative estimate of drug-likeness (QED) is 0.719. The van der Waals surface area contributed by atoms with Crippen LogP contribution in [0, 0.1) is 11.3 Å². The van der Waals surface area contributed by atoms with Crippen molar-refractivity contribution in [2.75, 3.05) is 7.11 Å². The van der Waals surface area contributed by atoms with Crippen molar-refractivity contribution in [3.63, 3.8) is 0 Å². The van der Waals surface area contributed by atoms with Crippen molar-refractivity contribution in [1.29, 1.82) is 5.26 Å². The molecular weight excluding hydrogens is 364 g/mol. The van der Waals surface area contributed by atoms with Gasteiger partial charge in [0.1, 0.15) is 17.4 Å². The third kappa shape index (κ3) is 2.78. The van der Waals surface area contributed by atoms with Crippen molar-refractivity contribution in [3.05, 3.63) is 76.1 Å². The zero-order valence-corrected chi connectivity index (χ0v) is 15.1. The van der Waals surface area contributed by atoms with E-state index in [1.807, 2.05) is 42.5 Å². The number of rotatable bonds is 3. The Balaban J connectivity index is 1.97. The van der Waals surface area contributed by atoms with Crippen LogP contribution in [0.3, 0.4) is 0 Å². The summed E-state index contributed by atoms with van der Waals surface area (Å²) >= 11 is 6.44. The molecule has 6 nitrogen and oxygen atoms in total. The summed E-state index contributed by atoms with van der Waals surface area (Å²) in [6, 6.07) is 17.1. The highest BCUT2D eigenvalue weighted by Crippen LogP contribution is 2.47. The van der Waals surface area contributed by atoms with Crippen molar-refractivity contribution >= 4 is 11.6 Å². The molecule has 2 aromatic carbocycles. The van der Waals surface area contributed by atoms with Gasteiger partial charge in [0, 0.05) is 10.6 Å². The lowest BCUT2D eigenvalue weighted by molar-refractivity contribution is 0.379. The fraction of sp³-hybridized carbons (Fsp3) is 0.100. The average molecular weight is 379 g/mol. The van der Waals surface area contributed by atoms with Gasteiger partial charge in [0.05, 0.1) is 24.3 Å². The summed E-state index contributed by atoms with van der Waals surface area (Å²) in [5.41, 5.74) is 9.32. The zero-order valence-electron chi connectivity index (χ0n) is 14.4. The van der Waals surface area contributed by atoms with Gasteiger partial charge in [-0.15, -0.1) is 5.10 Å². The summed E-state index contributed by atoms with van der Waals surface area (Å²) in [6.07, 6.45) is 0. The van der Waals surface area contributed by atoms with Gasteiger partial charge in [0.2, 0.25) is 11.8 Å². The van der Waals surface area contributed by atoms with E-state index in [1.54, 1.807) is 13.2 Å². The average Bonchev–Trinajstić information content (AvgIpc) is 3.11. The number of ether oxygens (including phenoxy) is 2. The van der Waals surface area contributed by atoms with E-state index in [2.05, 4.69) is 16.3 Å². The second-order valence-electron chi connectivity index (χ2n) is 6.00. The van der Waals surface area contributed by atoms with Gasteiger partial charge in [-0.1, -0.05) is 41.9 Å². The SMILES string of the molecule is COc1cccc(-c2[nH]nc3c2[C@H](c2ccccc2Cl)C(C#N)=C(N)O3)c1. The minimum Gasteiger partial charge on any atom is -0.497 e. The number of aromatic nitrogens is 2. The minimum absolute atomic E-state index is 0.0265. The van der Waals surface area contributed by atoms with Crippen LogP contribution in [0.2, 0.25) is 5.02 Å². The van der Waals surface area contributed by atoms with Gasteiger partial charge in [-0.2, -0.15) is 5.26 Å². The molecule has 0 amide bonds. The molecule has 0 unspecified atom stereocenters. The van der Waals surface area contributed by atoms with Crippen LogP contribution in [0.25, 0.3) is 11.3 Å². The van der Waals surface area contributed by atoms with Crippen LogP contribution in [0.15, 0.2) is 60.0 Å². The second-order valence-corrected chi connectivity index (χ2v) is 6.40.